The lowest BCUT2D eigenvalue weighted by Crippen LogP contribution is -1.78. The van der Waals surface area contributed by atoms with Crippen molar-refractivity contribution in [3.63, 3.8) is 0 Å². The molecular weight excluding hydrogens is 247 g/mol. The second-order valence-electron chi connectivity index (χ2n) is 3.46. The van der Waals surface area contributed by atoms with Crippen LogP contribution in [0, 0.1) is 28.5 Å². The molecule has 0 unspecified atom stereocenters. The summed E-state index contributed by atoms with van der Waals surface area (Å²) in [5.41, 5.74) is 0.564. The zero-order valence-corrected chi connectivity index (χ0v) is 10.0. The van der Waals surface area contributed by atoms with E-state index in [1.807, 2.05) is 0 Å². The van der Waals surface area contributed by atoms with Crippen molar-refractivity contribution in [2.24, 2.45) is 0 Å². The molecule has 0 saturated heterocycles. The monoisotopic (exact) mass is 254 g/mol. The van der Waals surface area contributed by atoms with E-state index in [4.69, 9.17) is 10.5 Å². The number of rotatable bonds is 2. The lowest BCUT2D eigenvalue weighted by atomic mass is 10.2. The summed E-state index contributed by atoms with van der Waals surface area (Å²) in [6.07, 6.45) is 1.50. The smallest absolute Gasteiger partial charge is 0.131 e. The van der Waals surface area contributed by atoms with Crippen LogP contribution in [-0.2, 0) is 0 Å². The van der Waals surface area contributed by atoms with Gasteiger partial charge in [0, 0.05) is 15.3 Å². The fourth-order valence-corrected chi connectivity index (χ4v) is 2.45. The summed E-state index contributed by atoms with van der Waals surface area (Å²) in [4.78, 5) is 1.53. The second-order valence-corrected chi connectivity index (χ2v) is 4.58. The zero-order valence-electron chi connectivity index (χ0n) is 9.22. The van der Waals surface area contributed by atoms with E-state index >= 15 is 0 Å². The number of nitrogens with zero attached hydrogens (tertiary/aromatic N) is 2. The van der Waals surface area contributed by atoms with Gasteiger partial charge in [-0.1, -0.05) is 18.2 Å². The number of allylic oxidation sites excluding steroid dienone is 1. The van der Waals surface area contributed by atoms with Crippen molar-refractivity contribution in [1.29, 1.82) is 10.5 Å². The van der Waals surface area contributed by atoms with Crippen molar-refractivity contribution in [3.8, 4) is 22.6 Å². The minimum Gasteiger partial charge on any atom is -0.206 e. The lowest BCUT2D eigenvalue weighted by molar-refractivity contribution is 0.631. The summed E-state index contributed by atoms with van der Waals surface area (Å²) < 4.78 is 13.6. The first-order valence-electron chi connectivity index (χ1n) is 5.11. The summed E-state index contributed by atoms with van der Waals surface area (Å²) in [7, 11) is 0. The zero-order chi connectivity index (χ0) is 13.0. The first-order chi connectivity index (χ1) is 8.74. The van der Waals surface area contributed by atoms with Gasteiger partial charge in [-0.05, 0) is 24.3 Å². The van der Waals surface area contributed by atoms with E-state index in [9.17, 15) is 4.39 Å². The number of benzene rings is 1. The van der Waals surface area contributed by atoms with E-state index in [2.05, 4.69) is 0 Å². The van der Waals surface area contributed by atoms with E-state index in [0.717, 1.165) is 9.75 Å². The summed E-state index contributed by atoms with van der Waals surface area (Å²) in [5.74, 6) is -0.282. The third-order valence-electron chi connectivity index (χ3n) is 2.29. The highest BCUT2D eigenvalue weighted by Gasteiger charge is 2.06. The predicted octanol–water partition coefficient (Wildman–Crippen LogP) is 3.98. The molecule has 0 radical (unpaired) electrons. The first kappa shape index (κ1) is 12.0. The van der Waals surface area contributed by atoms with Gasteiger partial charge in [-0.2, -0.15) is 10.5 Å². The molecule has 1 aromatic heterocycles. The highest BCUT2D eigenvalue weighted by atomic mass is 32.1. The van der Waals surface area contributed by atoms with E-state index in [-0.39, 0.29) is 11.4 Å². The van der Waals surface area contributed by atoms with Gasteiger partial charge in [0.15, 0.2) is 0 Å². The lowest BCUT2D eigenvalue weighted by Gasteiger charge is -1.97. The van der Waals surface area contributed by atoms with Crippen molar-refractivity contribution < 1.29 is 4.39 Å². The molecule has 0 saturated carbocycles. The van der Waals surface area contributed by atoms with Crippen molar-refractivity contribution in [2.75, 3.05) is 0 Å². The molecule has 4 heteroatoms. The van der Waals surface area contributed by atoms with Crippen LogP contribution in [0.4, 0.5) is 4.39 Å². The van der Waals surface area contributed by atoms with Crippen LogP contribution in [-0.4, -0.2) is 0 Å². The molecule has 18 heavy (non-hydrogen) atoms. The second kappa shape index (κ2) is 5.27. The predicted molar refractivity (Wildman–Crippen MR) is 68.9 cm³/mol. The van der Waals surface area contributed by atoms with E-state index in [1.165, 1.54) is 23.5 Å². The largest absolute Gasteiger partial charge is 0.206 e. The van der Waals surface area contributed by atoms with Crippen LogP contribution < -0.4 is 0 Å². The van der Waals surface area contributed by atoms with Gasteiger partial charge in [-0.25, -0.2) is 4.39 Å². The van der Waals surface area contributed by atoms with Gasteiger partial charge in [0.2, 0.25) is 0 Å². The van der Waals surface area contributed by atoms with Crippen molar-refractivity contribution in [1.82, 2.24) is 0 Å². The number of nitriles is 2. The molecule has 0 bridgehead atoms. The molecule has 1 heterocycles. The Kier molecular flexibility index (Phi) is 3.52. The Bertz CT molecular complexity index is 670. The SMILES string of the molecule is N#CC(C#N)=Cc1ccc(-c2ccccc2F)s1. The Balaban J connectivity index is 2.39. The maximum Gasteiger partial charge on any atom is 0.131 e. The van der Waals surface area contributed by atoms with E-state index in [0.29, 0.717) is 5.56 Å². The maximum absolute atomic E-state index is 13.6. The van der Waals surface area contributed by atoms with Gasteiger partial charge in [0.1, 0.15) is 23.5 Å². The van der Waals surface area contributed by atoms with Crippen molar-refractivity contribution in [2.45, 2.75) is 0 Å². The average molecular weight is 254 g/mol. The first-order valence-corrected chi connectivity index (χ1v) is 5.93. The molecule has 0 fully saturated rings. The molecule has 86 valence electrons. The van der Waals surface area contributed by atoms with Gasteiger partial charge in [-0.3, -0.25) is 0 Å². The highest BCUT2D eigenvalue weighted by Crippen LogP contribution is 2.30. The molecule has 0 aliphatic carbocycles. The Morgan fingerprint density at radius 1 is 1.11 bits per heavy atom. The Morgan fingerprint density at radius 2 is 1.83 bits per heavy atom. The molecule has 2 aromatic rings. The van der Waals surface area contributed by atoms with Crippen LogP contribution in [0.15, 0.2) is 42.0 Å². The van der Waals surface area contributed by atoms with Crippen LogP contribution in [0.1, 0.15) is 4.88 Å². The molecule has 1 aromatic carbocycles. The van der Waals surface area contributed by atoms with Crippen LogP contribution in [0.5, 0.6) is 0 Å². The van der Waals surface area contributed by atoms with E-state index in [1.54, 1.807) is 42.5 Å². The third kappa shape index (κ3) is 2.45. The molecule has 2 nitrogen and oxygen atoms in total. The molecular formula is C14H7FN2S. The quantitative estimate of drug-likeness (QED) is 0.761. The van der Waals surface area contributed by atoms with Gasteiger partial charge >= 0.3 is 0 Å². The molecule has 0 atom stereocenters. The number of hydrogen-bond donors (Lipinski definition) is 0. The summed E-state index contributed by atoms with van der Waals surface area (Å²) in [5, 5.41) is 17.3. The van der Waals surface area contributed by atoms with Crippen LogP contribution in [0.2, 0.25) is 0 Å². The maximum atomic E-state index is 13.6. The normalized spacial score (nSPS) is 9.28. The molecule has 0 amide bonds. The Hall–Kier alpha value is -2.43. The van der Waals surface area contributed by atoms with Crippen LogP contribution in [0.25, 0.3) is 16.5 Å². The van der Waals surface area contributed by atoms with Crippen LogP contribution >= 0.6 is 11.3 Å². The number of thiophene rings is 1. The third-order valence-corrected chi connectivity index (χ3v) is 3.36. The summed E-state index contributed by atoms with van der Waals surface area (Å²) in [6, 6.07) is 13.6. The fraction of sp³-hybridized carbons (Fsp3) is 0. The molecule has 0 spiro atoms. The molecule has 0 N–H and O–H groups in total. The highest BCUT2D eigenvalue weighted by molar-refractivity contribution is 7.16. The molecule has 0 aliphatic heterocycles. The van der Waals surface area contributed by atoms with Gasteiger partial charge in [0.05, 0.1) is 0 Å². The van der Waals surface area contributed by atoms with Gasteiger partial charge in [0.25, 0.3) is 0 Å². The van der Waals surface area contributed by atoms with Gasteiger partial charge < -0.3 is 0 Å². The standard InChI is InChI=1S/C14H7FN2S/c15-13-4-2-1-3-12(13)14-6-5-11(18-14)7-10(8-16)9-17/h1-7H. The Labute approximate surface area is 108 Å². The minimum atomic E-state index is -0.282. The van der Waals surface area contributed by atoms with Crippen LogP contribution in [0.3, 0.4) is 0 Å². The molecule has 2 rings (SSSR count). The van der Waals surface area contributed by atoms with Crippen molar-refractivity contribution in [3.05, 3.63) is 52.7 Å². The summed E-state index contributed by atoms with van der Waals surface area (Å²) >= 11 is 1.34. The number of halogens is 1. The molecule has 0 aliphatic rings. The minimum absolute atomic E-state index is 0.0388. The van der Waals surface area contributed by atoms with Gasteiger partial charge in [-0.15, -0.1) is 11.3 Å². The Morgan fingerprint density at radius 3 is 2.50 bits per heavy atom. The number of hydrogen-bond acceptors (Lipinski definition) is 3. The summed E-state index contributed by atoms with van der Waals surface area (Å²) in [6.45, 7) is 0. The fourth-order valence-electron chi connectivity index (χ4n) is 1.47. The topological polar surface area (TPSA) is 47.6 Å². The van der Waals surface area contributed by atoms with Crippen molar-refractivity contribution >= 4 is 17.4 Å². The average Bonchev–Trinajstić information content (AvgIpc) is 2.85. The van der Waals surface area contributed by atoms with E-state index < -0.39 is 0 Å².